The minimum Gasteiger partial charge on any atom is -0.379 e. The number of aromatic amines is 2. The van der Waals surface area contributed by atoms with Gasteiger partial charge in [-0.15, -0.1) is 0 Å². The van der Waals surface area contributed by atoms with Gasteiger partial charge in [-0.1, -0.05) is 29.8 Å². The second kappa shape index (κ2) is 8.75. The van der Waals surface area contributed by atoms with Crippen LogP contribution in [-0.4, -0.2) is 56.1 Å². The van der Waals surface area contributed by atoms with E-state index in [1.165, 1.54) is 18.2 Å². The van der Waals surface area contributed by atoms with Crippen molar-refractivity contribution in [3.63, 3.8) is 0 Å². The summed E-state index contributed by atoms with van der Waals surface area (Å²) in [5.41, 5.74) is 1.14. The molecule has 31 heavy (non-hydrogen) atoms. The van der Waals surface area contributed by atoms with Crippen LogP contribution in [-0.2, 0) is 14.8 Å². The first-order valence-corrected chi connectivity index (χ1v) is 11.5. The number of rotatable bonds is 6. The molecule has 1 unspecified atom stereocenters. The number of hydrogen-bond donors (Lipinski definition) is 3. The fourth-order valence-electron chi connectivity index (χ4n) is 3.72. The van der Waals surface area contributed by atoms with Crippen molar-refractivity contribution in [1.82, 2.24) is 19.6 Å². The van der Waals surface area contributed by atoms with Gasteiger partial charge < -0.3 is 9.72 Å². The number of morpholine rings is 1. The molecule has 9 nitrogen and oxygen atoms in total. The summed E-state index contributed by atoms with van der Waals surface area (Å²) in [4.78, 5) is 30.2. The molecule has 3 aromatic rings. The number of aromatic nitrogens is 2. The van der Waals surface area contributed by atoms with Gasteiger partial charge in [0.25, 0.3) is 5.56 Å². The van der Waals surface area contributed by atoms with E-state index < -0.39 is 21.3 Å². The summed E-state index contributed by atoms with van der Waals surface area (Å²) in [5, 5.41) is 0.103. The number of ether oxygens (including phenoxy) is 1. The quantitative estimate of drug-likeness (QED) is 0.518. The molecule has 4 rings (SSSR count). The first-order valence-electron chi connectivity index (χ1n) is 9.98. The van der Waals surface area contributed by atoms with Crippen molar-refractivity contribution in [1.29, 1.82) is 0 Å². The van der Waals surface area contributed by atoms with Crippen LogP contribution in [0, 0.1) is 6.92 Å². The molecule has 0 saturated carbocycles. The third-order valence-corrected chi connectivity index (χ3v) is 6.86. The predicted molar refractivity (Wildman–Crippen MR) is 117 cm³/mol. The van der Waals surface area contributed by atoms with Crippen LogP contribution in [0.3, 0.4) is 0 Å². The first-order chi connectivity index (χ1) is 14.8. The average Bonchev–Trinajstić information content (AvgIpc) is 2.75. The Kier molecular flexibility index (Phi) is 6.05. The smallest absolute Gasteiger partial charge is 0.326 e. The number of nitrogens with one attached hydrogen (secondary N) is 3. The van der Waals surface area contributed by atoms with Gasteiger partial charge >= 0.3 is 5.69 Å². The van der Waals surface area contributed by atoms with Crippen molar-refractivity contribution in [2.45, 2.75) is 17.9 Å². The zero-order chi connectivity index (χ0) is 22.0. The Morgan fingerprint density at radius 3 is 2.48 bits per heavy atom. The molecule has 0 aliphatic carbocycles. The number of sulfonamides is 1. The minimum absolute atomic E-state index is 0.0396. The molecule has 0 spiro atoms. The third kappa shape index (κ3) is 4.77. The van der Waals surface area contributed by atoms with E-state index in [-0.39, 0.29) is 28.4 Å². The Balaban J connectivity index is 1.61. The van der Waals surface area contributed by atoms with Gasteiger partial charge in [-0.2, -0.15) is 0 Å². The molecular formula is C21H24N4O5S. The lowest BCUT2D eigenvalue weighted by Crippen LogP contribution is -2.43. The molecule has 1 aliphatic heterocycles. The first kappa shape index (κ1) is 21.4. The van der Waals surface area contributed by atoms with E-state index in [9.17, 15) is 18.0 Å². The summed E-state index contributed by atoms with van der Waals surface area (Å²) >= 11 is 0. The number of nitrogens with zero attached hydrogens (tertiary/aromatic N) is 1. The number of benzene rings is 2. The number of fused-ring (bicyclic) bond motifs is 1. The van der Waals surface area contributed by atoms with E-state index >= 15 is 0 Å². The van der Waals surface area contributed by atoms with Crippen molar-refractivity contribution in [3.8, 4) is 0 Å². The van der Waals surface area contributed by atoms with Crippen LogP contribution in [0.4, 0.5) is 0 Å². The summed E-state index contributed by atoms with van der Waals surface area (Å²) in [6, 6.07) is 11.9. The van der Waals surface area contributed by atoms with E-state index in [1.54, 1.807) is 0 Å². The van der Waals surface area contributed by atoms with Gasteiger partial charge in [-0.3, -0.25) is 14.7 Å². The van der Waals surface area contributed by atoms with Crippen LogP contribution in [0.5, 0.6) is 0 Å². The number of aryl methyl sites for hydroxylation is 1. The highest BCUT2D eigenvalue weighted by Gasteiger charge is 2.25. The lowest BCUT2D eigenvalue weighted by molar-refractivity contribution is 0.0172. The van der Waals surface area contributed by atoms with Crippen LogP contribution in [0.25, 0.3) is 10.9 Å². The fraction of sp³-hybridized carbons (Fsp3) is 0.333. The maximum absolute atomic E-state index is 13.0. The van der Waals surface area contributed by atoms with E-state index in [1.807, 2.05) is 31.2 Å². The standard InChI is InChI=1S/C21H24N4O5S/c1-14-2-4-15(5-3-14)19(25-8-10-30-11-9-25)13-22-31(28,29)16-6-7-18-17(12-16)20(26)24-21(27)23-18/h2-7,12,19,22H,8-11,13H2,1H3,(H2,23,24,26,27). The van der Waals surface area contributed by atoms with Crippen LogP contribution < -0.4 is 16.0 Å². The van der Waals surface area contributed by atoms with Gasteiger partial charge in [0.1, 0.15) is 0 Å². The summed E-state index contributed by atoms with van der Waals surface area (Å²) in [6.07, 6.45) is 0. The van der Waals surface area contributed by atoms with Crippen molar-refractivity contribution in [2.75, 3.05) is 32.8 Å². The van der Waals surface area contributed by atoms with Gasteiger partial charge in [0.2, 0.25) is 10.0 Å². The number of hydrogen-bond acceptors (Lipinski definition) is 6. The molecule has 1 aliphatic rings. The summed E-state index contributed by atoms with van der Waals surface area (Å²) in [7, 11) is -3.88. The van der Waals surface area contributed by atoms with Crippen LogP contribution >= 0.6 is 0 Å². The minimum atomic E-state index is -3.88. The molecule has 2 heterocycles. The van der Waals surface area contributed by atoms with Gasteiger partial charge in [-0.05, 0) is 30.7 Å². The molecule has 3 N–H and O–H groups in total. The second-order valence-corrected chi connectivity index (χ2v) is 9.31. The molecule has 164 valence electrons. The molecule has 1 aromatic heterocycles. The lowest BCUT2D eigenvalue weighted by atomic mass is 10.0. The normalized spacial score (nSPS) is 16.4. The molecule has 0 amide bonds. The molecule has 1 saturated heterocycles. The molecule has 0 bridgehead atoms. The molecule has 0 radical (unpaired) electrons. The summed E-state index contributed by atoms with van der Waals surface area (Å²) in [6.45, 7) is 4.79. The average molecular weight is 445 g/mol. The number of H-pyrrole nitrogens is 2. The largest absolute Gasteiger partial charge is 0.379 e. The topological polar surface area (TPSA) is 124 Å². The fourth-order valence-corrected chi connectivity index (χ4v) is 4.78. The van der Waals surface area contributed by atoms with Crippen molar-refractivity contribution < 1.29 is 13.2 Å². The Hall–Kier alpha value is -2.79. The zero-order valence-corrected chi connectivity index (χ0v) is 17.9. The Morgan fingerprint density at radius 1 is 1.06 bits per heavy atom. The predicted octanol–water partition coefficient (Wildman–Crippen LogP) is 0.877. The highest BCUT2D eigenvalue weighted by atomic mass is 32.2. The molecule has 1 atom stereocenters. The van der Waals surface area contributed by atoms with Crippen LogP contribution in [0.2, 0.25) is 0 Å². The Bertz CT molecular complexity index is 1290. The Morgan fingerprint density at radius 2 is 1.77 bits per heavy atom. The summed E-state index contributed by atoms with van der Waals surface area (Å²) in [5.74, 6) is 0. The van der Waals surface area contributed by atoms with Gasteiger partial charge in [0.15, 0.2) is 0 Å². The van der Waals surface area contributed by atoms with E-state index in [4.69, 9.17) is 4.74 Å². The maximum Gasteiger partial charge on any atom is 0.326 e. The van der Waals surface area contributed by atoms with Gasteiger partial charge in [0, 0.05) is 25.7 Å². The van der Waals surface area contributed by atoms with Crippen LogP contribution in [0.15, 0.2) is 56.9 Å². The van der Waals surface area contributed by atoms with Crippen molar-refractivity contribution in [2.24, 2.45) is 0 Å². The maximum atomic E-state index is 13.0. The molecule has 10 heteroatoms. The molecule has 2 aromatic carbocycles. The van der Waals surface area contributed by atoms with Crippen LogP contribution in [0.1, 0.15) is 17.2 Å². The van der Waals surface area contributed by atoms with Gasteiger partial charge in [-0.25, -0.2) is 17.9 Å². The molecular weight excluding hydrogens is 420 g/mol. The highest BCUT2D eigenvalue weighted by molar-refractivity contribution is 7.89. The van der Waals surface area contributed by atoms with Gasteiger partial charge in [0.05, 0.1) is 29.0 Å². The second-order valence-electron chi connectivity index (χ2n) is 7.54. The SMILES string of the molecule is Cc1ccc(C(CNS(=O)(=O)c2ccc3[nH]c(=O)[nH]c(=O)c3c2)N2CCOCC2)cc1. The van der Waals surface area contributed by atoms with E-state index in [0.717, 1.165) is 11.1 Å². The molecule has 1 fully saturated rings. The highest BCUT2D eigenvalue weighted by Crippen LogP contribution is 2.23. The van der Waals surface area contributed by atoms with E-state index in [0.29, 0.717) is 26.3 Å². The third-order valence-electron chi connectivity index (χ3n) is 5.44. The van der Waals surface area contributed by atoms with Crippen molar-refractivity contribution >= 4 is 20.9 Å². The van der Waals surface area contributed by atoms with Crippen molar-refractivity contribution in [3.05, 3.63) is 74.4 Å². The van der Waals surface area contributed by atoms with E-state index in [2.05, 4.69) is 19.6 Å². The zero-order valence-electron chi connectivity index (χ0n) is 17.1. The lowest BCUT2D eigenvalue weighted by Gasteiger charge is -2.35. The Labute approximate surface area is 179 Å². The summed E-state index contributed by atoms with van der Waals surface area (Å²) < 4.78 is 34.1. The monoisotopic (exact) mass is 444 g/mol.